The first-order chi connectivity index (χ1) is 13.7. The fourth-order valence-electron chi connectivity index (χ4n) is 3.48. The summed E-state index contributed by atoms with van der Waals surface area (Å²) >= 11 is 0. The fraction of sp³-hybridized carbons (Fsp3) is 0.650. The number of amides is 2. The summed E-state index contributed by atoms with van der Waals surface area (Å²) in [6.45, 7) is 10.2. The molecule has 3 rings (SSSR count). The van der Waals surface area contributed by atoms with E-state index in [1.165, 1.54) is 0 Å². The average molecular weight is 390 g/mol. The number of hydrogen-bond acceptors (Lipinski definition) is 6. The minimum Gasteiger partial charge on any atom is -0.378 e. The molecule has 3 heterocycles. The molecule has 0 unspecified atom stereocenters. The molecule has 0 aliphatic carbocycles. The second-order valence-electron chi connectivity index (χ2n) is 7.22. The number of ether oxygens (including phenoxy) is 1. The fourth-order valence-corrected chi connectivity index (χ4v) is 3.48. The molecular formula is C20H31N5O3. The number of pyridine rings is 1. The SMILES string of the molecule is CCN1CCN(c2ccc(CNC(=O)CCC(=O)N3CCOCC3)cn2)CC1. The van der Waals surface area contributed by atoms with Crippen LogP contribution in [0.5, 0.6) is 0 Å². The Labute approximate surface area is 166 Å². The average Bonchev–Trinajstić information content (AvgIpc) is 2.77. The van der Waals surface area contributed by atoms with Gasteiger partial charge >= 0.3 is 0 Å². The molecule has 2 fully saturated rings. The molecule has 8 heteroatoms. The first kappa shape index (κ1) is 20.5. The van der Waals surface area contributed by atoms with Gasteiger partial charge in [0.05, 0.1) is 13.2 Å². The third-order valence-corrected chi connectivity index (χ3v) is 5.37. The quantitative estimate of drug-likeness (QED) is 0.731. The summed E-state index contributed by atoms with van der Waals surface area (Å²) in [6.07, 6.45) is 2.27. The molecule has 154 valence electrons. The maximum atomic E-state index is 12.1. The molecule has 0 bridgehead atoms. The van der Waals surface area contributed by atoms with Crippen LogP contribution < -0.4 is 10.2 Å². The van der Waals surface area contributed by atoms with Crippen LogP contribution in [-0.4, -0.2) is 85.6 Å². The van der Waals surface area contributed by atoms with Gasteiger partial charge in [0, 0.05) is 64.9 Å². The van der Waals surface area contributed by atoms with E-state index in [4.69, 9.17) is 4.74 Å². The Balaban J connectivity index is 1.37. The third-order valence-electron chi connectivity index (χ3n) is 5.37. The third kappa shape index (κ3) is 5.90. The standard InChI is InChI=1S/C20H31N5O3/c1-2-23-7-9-24(10-8-23)18-4-3-17(15-21-18)16-22-19(26)5-6-20(27)25-11-13-28-14-12-25/h3-4,15H,2,5-14,16H2,1H3,(H,22,26). The summed E-state index contributed by atoms with van der Waals surface area (Å²) in [5.41, 5.74) is 0.962. The summed E-state index contributed by atoms with van der Waals surface area (Å²) in [7, 11) is 0. The Kier molecular flexibility index (Phi) is 7.62. The van der Waals surface area contributed by atoms with Gasteiger partial charge in [0.15, 0.2) is 0 Å². The van der Waals surface area contributed by atoms with Gasteiger partial charge in [-0.15, -0.1) is 0 Å². The number of hydrogen-bond donors (Lipinski definition) is 1. The predicted molar refractivity (Wildman–Crippen MR) is 107 cm³/mol. The van der Waals surface area contributed by atoms with Crippen LogP contribution in [-0.2, 0) is 20.9 Å². The van der Waals surface area contributed by atoms with Crippen molar-refractivity contribution in [1.29, 1.82) is 0 Å². The molecule has 1 aromatic heterocycles. The van der Waals surface area contributed by atoms with Crippen LogP contribution in [0, 0.1) is 0 Å². The van der Waals surface area contributed by atoms with Crippen molar-refractivity contribution in [2.75, 3.05) is 63.9 Å². The van der Waals surface area contributed by atoms with Crippen molar-refractivity contribution < 1.29 is 14.3 Å². The lowest BCUT2D eigenvalue weighted by molar-refractivity contribution is -0.137. The van der Waals surface area contributed by atoms with Gasteiger partial charge in [0.1, 0.15) is 5.82 Å². The predicted octanol–water partition coefficient (Wildman–Crippen LogP) is 0.479. The number of carbonyl (C=O) groups excluding carboxylic acids is 2. The maximum Gasteiger partial charge on any atom is 0.223 e. The molecule has 1 N–H and O–H groups in total. The van der Waals surface area contributed by atoms with Gasteiger partial charge in [0.25, 0.3) is 0 Å². The summed E-state index contributed by atoms with van der Waals surface area (Å²) in [5, 5.41) is 2.88. The number of rotatable bonds is 7. The van der Waals surface area contributed by atoms with Gasteiger partial charge in [0.2, 0.25) is 11.8 Å². The smallest absolute Gasteiger partial charge is 0.223 e. The molecule has 2 amide bonds. The number of carbonyl (C=O) groups is 2. The highest BCUT2D eigenvalue weighted by Gasteiger charge is 2.18. The Bertz CT molecular complexity index is 638. The van der Waals surface area contributed by atoms with E-state index in [1.54, 1.807) is 4.90 Å². The number of nitrogens with zero attached hydrogens (tertiary/aromatic N) is 4. The van der Waals surface area contributed by atoms with Crippen molar-refractivity contribution in [3.05, 3.63) is 23.9 Å². The monoisotopic (exact) mass is 389 g/mol. The number of morpholine rings is 1. The van der Waals surface area contributed by atoms with Crippen LogP contribution in [0.1, 0.15) is 25.3 Å². The van der Waals surface area contributed by atoms with Gasteiger partial charge in [-0.2, -0.15) is 0 Å². The van der Waals surface area contributed by atoms with Crippen LogP contribution in [0.2, 0.25) is 0 Å². The lowest BCUT2D eigenvalue weighted by atomic mass is 10.2. The minimum atomic E-state index is -0.110. The first-order valence-corrected chi connectivity index (χ1v) is 10.2. The summed E-state index contributed by atoms with van der Waals surface area (Å²) < 4.78 is 5.24. The highest BCUT2D eigenvalue weighted by molar-refractivity contribution is 5.83. The molecule has 0 atom stereocenters. The number of nitrogens with one attached hydrogen (secondary N) is 1. The normalized spacial score (nSPS) is 18.2. The van der Waals surface area contributed by atoms with Crippen LogP contribution >= 0.6 is 0 Å². The van der Waals surface area contributed by atoms with Crippen LogP contribution in [0.3, 0.4) is 0 Å². The molecule has 0 aromatic carbocycles. The second kappa shape index (κ2) is 10.4. The van der Waals surface area contributed by atoms with Gasteiger partial charge in [-0.3, -0.25) is 9.59 Å². The molecule has 0 saturated carbocycles. The van der Waals surface area contributed by atoms with E-state index in [0.29, 0.717) is 32.8 Å². The summed E-state index contributed by atoms with van der Waals surface area (Å²) in [4.78, 5) is 35.2. The largest absolute Gasteiger partial charge is 0.378 e. The summed E-state index contributed by atoms with van der Waals surface area (Å²) in [6, 6.07) is 4.03. The van der Waals surface area contributed by atoms with Gasteiger partial charge < -0.3 is 24.8 Å². The van der Waals surface area contributed by atoms with E-state index in [-0.39, 0.29) is 24.7 Å². The molecular weight excluding hydrogens is 358 g/mol. The zero-order chi connectivity index (χ0) is 19.8. The molecule has 8 nitrogen and oxygen atoms in total. The zero-order valence-corrected chi connectivity index (χ0v) is 16.7. The minimum absolute atomic E-state index is 0.0210. The molecule has 0 spiro atoms. The van der Waals surface area contributed by atoms with Crippen LogP contribution in [0.25, 0.3) is 0 Å². The molecule has 2 aliphatic rings. The van der Waals surface area contributed by atoms with E-state index < -0.39 is 0 Å². The van der Waals surface area contributed by atoms with Crippen LogP contribution in [0.15, 0.2) is 18.3 Å². The Morgan fingerprint density at radius 3 is 2.46 bits per heavy atom. The van der Waals surface area contributed by atoms with E-state index in [0.717, 1.165) is 44.1 Å². The number of likely N-dealkylation sites (N-methyl/N-ethyl adjacent to an activating group) is 1. The highest BCUT2D eigenvalue weighted by Crippen LogP contribution is 2.14. The highest BCUT2D eigenvalue weighted by atomic mass is 16.5. The molecule has 28 heavy (non-hydrogen) atoms. The van der Waals surface area contributed by atoms with Crippen molar-refractivity contribution >= 4 is 17.6 Å². The number of piperazine rings is 1. The van der Waals surface area contributed by atoms with Gasteiger partial charge in [-0.25, -0.2) is 4.98 Å². The summed E-state index contributed by atoms with van der Waals surface area (Å²) in [5.74, 6) is 0.899. The number of aromatic nitrogens is 1. The molecule has 1 aromatic rings. The van der Waals surface area contributed by atoms with E-state index in [2.05, 4.69) is 27.0 Å². The van der Waals surface area contributed by atoms with Crippen molar-refractivity contribution in [3.63, 3.8) is 0 Å². The Hall–Kier alpha value is -2.19. The van der Waals surface area contributed by atoms with Crippen molar-refractivity contribution in [3.8, 4) is 0 Å². The van der Waals surface area contributed by atoms with Gasteiger partial charge in [-0.05, 0) is 18.2 Å². The van der Waals surface area contributed by atoms with Crippen molar-refractivity contribution in [2.45, 2.75) is 26.3 Å². The molecule has 2 aliphatic heterocycles. The van der Waals surface area contributed by atoms with E-state index >= 15 is 0 Å². The first-order valence-electron chi connectivity index (χ1n) is 10.2. The Morgan fingerprint density at radius 1 is 1.07 bits per heavy atom. The topological polar surface area (TPSA) is 78.0 Å². The lowest BCUT2D eigenvalue weighted by Gasteiger charge is -2.34. The molecule has 2 saturated heterocycles. The zero-order valence-electron chi connectivity index (χ0n) is 16.7. The maximum absolute atomic E-state index is 12.1. The van der Waals surface area contributed by atoms with Crippen molar-refractivity contribution in [1.82, 2.24) is 20.1 Å². The van der Waals surface area contributed by atoms with Crippen molar-refractivity contribution in [2.24, 2.45) is 0 Å². The lowest BCUT2D eigenvalue weighted by Crippen LogP contribution is -2.46. The second-order valence-corrected chi connectivity index (χ2v) is 7.22. The Morgan fingerprint density at radius 2 is 1.82 bits per heavy atom. The van der Waals surface area contributed by atoms with Crippen LogP contribution in [0.4, 0.5) is 5.82 Å². The van der Waals surface area contributed by atoms with E-state index in [1.807, 2.05) is 18.3 Å². The van der Waals surface area contributed by atoms with Gasteiger partial charge in [-0.1, -0.05) is 13.0 Å². The number of anilines is 1. The molecule has 0 radical (unpaired) electrons. The van der Waals surface area contributed by atoms with E-state index in [9.17, 15) is 9.59 Å².